The lowest BCUT2D eigenvalue weighted by Crippen LogP contribution is -2.07. The van der Waals surface area contributed by atoms with Crippen molar-refractivity contribution in [2.24, 2.45) is 0 Å². The van der Waals surface area contributed by atoms with Gasteiger partial charge in [0.2, 0.25) is 0 Å². The molecule has 0 radical (unpaired) electrons. The quantitative estimate of drug-likeness (QED) is 0.754. The van der Waals surface area contributed by atoms with E-state index in [2.05, 4.69) is 5.16 Å². The molecule has 0 N–H and O–H groups in total. The summed E-state index contributed by atoms with van der Waals surface area (Å²) in [6.45, 7) is 1.95. The largest absolute Gasteiger partial charge is 0.364 e. The Bertz CT molecular complexity index is 692. The second-order valence-corrected chi connectivity index (χ2v) is 6.62. The van der Waals surface area contributed by atoms with Gasteiger partial charge in [0.25, 0.3) is 0 Å². The van der Waals surface area contributed by atoms with Crippen LogP contribution in [0.1, 0.15) is 51.5 Å². The topological polar surface area (TPSA) is 43.1 Å². The summed E-state index contributed by atoms with van der Waals surface area (Å²) in [6, 6.07) is 3.60. The van der Waals surface area contributed by atoms with Crippen molar-refractivity contribution < 1.29 is 9.32 Å². The molecule has 3 rings (SSSR count). The maximum atomic E-state index is 12.8. The molecule has 0 bridgehead atoms. The van der Waals surface area contributed by atoms with Gasteiger partial charge in [-0.1, -0.05) is 16.8 Å². The molecule has 21 heavy (non-hydrogen) atoms. The Kier molecular flexibility index (Phi) is 4.09. The number of rotatable bonds is 5. The third-order valence-corrected chi connectivity index (χ3v) is 4.81. The summed E-state index contributed by atoms with van der Waals surface area (Å²) in [4.78, 5) is 12.8. The van der Waals surface area contributed by atoms with Crippen molar-refractivity contribution in [1.29, 1.82) is 0 Å². The van der Waals surface area contributed by atoms with Gasteiger partial charge >= 0.3 is 0 Å². The summed E-state index contributed by atoms with van der Waals surface area (Å²) >= 11 is 7.94. The highest BCUT2D eigenvalue weighted by molar-refractivity contribution is 7.97. The Balaban J connectivity index is 2.01. The van der Waals surface area contributed by atoms with E-state index in [-0.39, 0.29) is 5.78 Å². The first kappa shape index (κ1) is 14.7. The molecule has 0 aliphatic heterocycles. The summed E-state index contributed by atoms with van der Waals surface area (Å²) < 4.78 is 5.03. The first-order valence-electron chi connectivity index (χ1n) is 6.89. The van der Waals surface area contributed by atoms with Crippen molar-refractivity contribution in [1.82, 2.24) is 5.16 Å². The van der Waals surface area contributed by atoms with Crippen LogP contribution >= 0.6 is 23.4 Å². The minimum absolute atomic E-state index is 0.0188. The van der Waals surface area contributed by atoms with Crippen LogP contribution in [-0.4, -0.2) is 17.2 Å². The molecule has 110 valence electrons. The number of thioether (sulfide) groups is 1. The number of nitrogens with zero attached hydrogens (tertiary/aromatic N) is 1. The van der Waals surface area contributed by atoms with Crippen LogP contribution in [0.4, 0.5) is 0 Å². The fourth-order valence-electron chi connectivity index (χ4n) is 2.50. The highest BCUT2D eigenvalue weighted by atomic mass is 35.5. The lowest BCUT2D eigenvalue weighted by atomic mass is 9.95. The number of hydrogen-bond acceptors (Lipinski definition) is 4. The van der Waals surface area contributed by atoms with Crippen LogP contribution in [-0.2, 0) is 5.75 Å². The lowest BCUT2D eigenvalue weighted by molar-refractivity contribution is 0.103. The molecule has 1 aliphatic rings. The average Bonchev–Trinajstić information content (AvgIpc) is 3.20. The first-order valence-corrected chi connectivity index (χ1v) is 8.66. The predicted octanol–water partition coefficient (Wildman–Crippen LogP) is 4.61. The minimum Gasteiger partial charge on any atom is -0.364 e. The highest BCUT2D eigenvalue weighted by Crippen LogP contribution is 2.41. The van der Waals surface area contributed by atoms with Crippen molar-refractivity contribution in [3.8, 4) is 0 Å². The Morgan fingerprint density at radius 2 is 2.19 bits per heavy atom. The van der Waals surface area contributed by atoms with Gasteiger partial charge in [0.05, 0.1) is 11.3 Å². The fraction of sp³-hybridized carbons (Fsp3) is 0.375. The van der Waals surface area contributed by atoms with E-state index in [1.165, 1.54) is 6.26 Å². The molecule has 2 aromatic rings. The minimum atomic E-state index is -0.0188. The van der Waals surface area contributed by atoms with Crippen molar-refractivity contribution >= 4 is 29.1 Å². The van der Waals surface area contributed by atoms with Gasteiger partial charge in [-0.2, -0.15) is 11.8 Å². The molecule has 1 aliphatic carbocycles. The van der Waals surface area contributed by atoms with E-state index < -0.39 is 0 Å². The molecule has 0 saturated heterocycles. The van der Waals surface area contributed by atoms with Crippen LogP contribution in [0, 0.1) is 6.92 Å². The van der Waals surface area contributed by atoms with Gasteiger partial charge in [0.15, 0.2) is 5.78 Å². The molecule has 1 aromatic heterocycles. The Morgan fingerprint density at radius 1 is 1.43 bits per heavy atom. The van der Waals surface area contributed by atoms with Crippen LogP contribution in [0.2, 0.25) is 5.02 Å². The van der Waals surface area contributed by atoms with Crippen molar-refractivity contribution in [3.05, 3.63) is 51.4 Å². The molecule has 1 aromatic carbocycles. The number of carbonyl (C=O) groups is 1. The Hall–Kier alpha value is -1.26. The maximum absolute atomic E-state index is 12.8. The smallest absolute Gasteiger partial charge is 0.198 e. The summed E-state index contributed by atoms with van der Waals surface area (Å²) in [7, 11) is 0. The van der Waals surface area contributed by atoms with Crippen molar-refractivity contribution in [2.45, 2.75) is 31.4 Å². The van der Waals surface area contributed by atoms with E-state index in [1.54, 1.807) is 23.9 Å². The number of hydrogen-bond donors (Lipinski definition) is 0. The molecular formula is C16H16ClNO2S. The van der Waals surface area contributed by atoms with Crippen LogP contribution in [0.25, 0.3) is 0 Å². The van der Waals surface area contributed by atoms with Gasteiger partial charge in [-0.05, 0) is 49.3 Å². The highest BCUT2D eigenvalue weighted by Gasteiger charge is 2.32. The van der Waals surface area contributed by atoms with Crippen LogP contribution < -0.4 is 0 Å². The molecule has 1 saturated carbocycles. The van der Waals surface area contributed by atoms with Gasteiger partial charge in [0, 0.05) is 22.3 Å². The first-order chi connectivity index (χ1) is 10.1. The van der Waals surface area contributed by atoms with Gasteiger partial charge in [-0.3, -0.25) is 4.79 Å². The second-order valence-electron chi connectivity index (χ2n) is 5.35. The average molecular weight is 322 g/mol. The van der Waals surface area contributed by atoms with E-state index in [0.29, 0.717) is 22.1 Å². The Labute approximate surface area is 133 Å². The van der Waals surface area contributed by atoms with E-state index in [4.69, 9.17) is 16.1 Å². The monoisotopic (exact) mass is 321 g/mol. The molecule has 1 fully saturated rings. The number of aromatic nitrogens is 1. The summed E-state index contributed by atoms with van der Waals surface area (Å²) in [5.74, 6) is 1.17. The lowest BCUT2D eigenvalue weighted by Gasteiger charge is -2.11. The molecule has 3 nitrogen and oxygen atoms in total. The molecule has 0 spiro atoms. The van der Waals surface area contributed by atoms with Gasteiger partial charge < -0.3 is 4.52 Å². The normalized spacial score (nSPS) is 14.4. The standard InChI is InChI=1S/C16H16ClNO2S/c1-9-11(5-6-14(17)13(9)8-21-2)16(19)12-7-20-18-15(12)10-3-4-10/h5-7,10H,3-4,8H2,1-2H3. The molecule has 5 heteroatoms. The van der Waals surface area contributed by atoms with E-state index in [1.807, 2.05) is 13.2 Å². The van der Waals surface area contributed by atoms with E-state index >= 15 is 0 Å². The summed E-state index contributed by atoms with van der Waals surface area (Å²) in [5, 5.41) is 4.72. The SMILES string of the molecule is CSCc1c(Cl)ccc(C(=O)c2conc2C2CC2)c1C. The number of halogens is 1. The molecule has 1 heterocycles. The van der Waals surface area contributed by atoms with E-state index in [9.17, 15) is 4.79 Å². The fourth-order valence-corrected chi connectivity index (χ4v) is 3.51. The zero-order valence-corrected chi connectivity index (χ0v) is 13.6. The summed E-state index contributed by atoms with van der Waals surface area (Å²) in [6.07, 6.45) is 5.67. The second kappa shape index (κ2) is 5.85. The maximum Gasteiger partial charge on any atom is 0.198 e. The predicted molar refractivity (Wildman–Crippen MR) is 85.3 cm³/mol. The number of carbonyl (C=O) groups excluding carboxylic acids is 1. The van der Waals surface area contributed by atoms with Crippen LogP contribution in [0.3, 0.4) is 0 Å². The third kappa shape index (κ3) is 2.74. The zero-order valence-electron chi connectivity index (χ0n) is 12.0. The zero-order chi connectivity index (χ0) is 15.0. The van der Waals surface area contributed by atoms with Crippen LogP contribution in [0.15, 0.2) is 22.9 Å². The van der Waals surface area contributed by atoms with Crippen molar-refractivity contribution in [3.63, 3.8) is 0 Å². The van der Waals surface area contributed by atoms with Gasteiger partial charge in [-0.25, -0.2) is 0 Å². The molecule has 0 atom stereocenters. The van der Waals surface area contributed by atoms with Crippen molar-refractivity contribution in [2.75, 3.05) is 6.26 Å². The van der Waals surface area contributed by atoms with Gasteiger partial charge in [-0.15, -0.1) is 0 Å². The number of ketones is 1. The number of benzene rings is 1. The van der Waals surface area contributed by atoms with Gasteiger partial charge in [0.1, 0.15) is 6.26 Å². The summed E-state index contributed by atoms with van der Waals surface area (Å²) in [5.41, 5.74) is 4.07. The van der Waals surface area contributed by atoms with Crippen LogP contribution in [0.5, 0.6) is 0 Å². The third-order valence-electron chi connectivity index (χ3n) is 3.88. The molecular weight excluding hydrogens is 306 g/mol. The molecule has 0 unspecified atom stereocenters. The molecule has 0 amide bonds. The Morgan fingerprint density at radius 3 is 2.86 bits per heavy atom. The van der Waals surface area contributed by atoms with E-state index in [0.717, 1.165) is 35.4 Å².